The maximum atomic E-state index is 5.39. The second kappa shape index (κ2) is 6.21. The second-order valence-electron chi connectivity index (χ2n) is 4.21. The maximum Gasteiger partial charge on any atom is 0.0666 e. The van der Waals surface area contributed by atoms with Crippen LogP contribution < -0.4 is 5.32 Å². The smallest absolute Gasteiger partial charge is 0.0666 e. The number of ether oxygens (including phenoxy) is 1. The first-order valence-electron chi connectivity index (χ1n) is 6.24. The van der Waals surface area contributed by atoms with E-state index in [0.29, 0.717) is 6.61 Å². The molecular weight excluding hydrogens is 226 g/mol. The van der Waals surface area contributed by atoms with Crippen molar-refractivity contribution in [2.75, 3.05) is 18.5 Å². The van der Waals surface area contributed by atoms with Gasteiger partial charge in [0.25, 0.3) is 0 Å². The summed E-state index contributed by atoms with van der Waals surface area (Å²) in [6.45, 7) is 5.57. The summed E-state index contributed by atoms with van der Waals surface area (Å²) in [4.78, 5) is 0. The van der Waals surface area contributed by atoms with Crippen LogP contribution in [0.4, 0.5) is 5.69 Å². The Bertz CT molecular complexity index is 468. The van der Waals surface area contributed by atoms with E-state index in [0.717, 1.165) is 18.0 Å². The lowest BCUT2D eigenvalue weighted by molar-refractivity contribution is 0.141. The van der Waals surface area contributed by atoms with Crippen LogP contribution in [0, 0.1) is 0 Å². The topological polar surface area (TPSA) is 39.1 Å². The van der Waals surface area contributed by atoms with Crippen LogP contribution in [0.3, 0.4) is 0 Å². The molecular formula is C14H19N3O. The van der Waals surface area contributed by atoms with E-state index >= 15 is 0 Å². The summed E-state index contributed by atoms with van der Waals surface area (Å²) in [5, 5.41) is 7.63. The zero-order valence-corrected chi connectivity index (χ0v) is 10.8. The van der Waals surface area contributed by atoms with Crippen molar-refractivity contribution >= 4 is 5.69 Å². The molecule has 18 heavy (non-hydrogen) atoms. The van der Waals surface area contributed by atoms with Crippen LogP contribution in [0.15, 0.2) is 42.7 Å². The molecule has 4 nitrogen and oxygen atoms in total. The third kappa shape index (κ3) is 3.34. The Morgan fingerprint density at radius 1 is 1.39 bits per heavy atom. The van der Waals surface area contributed by atoms with E-state index in [9.17, 15) is 0 Å². The third-order valence-corrected chi connectivity index (χ3v) is 2.60. The van der Waals surface area contributed by atoms with Crippen molar-refractivity contribution in [3.05, 3.63) is 42.7 Å². The molecule has 1 unspecified atom stereocenters. The van der Waals surface area contributed by atoms with Gasteiger partial charge in [0.05, 0.1) is 12.3 Å². The van der Waals surface area contributed by atoms with Crippen LogP contribution in [-0.4, -0.2) is 29.0 Å². The number of nitrogens with one attached hydrogen (secondary N) is 1. The quantitative estimate of drug-likeness (QED) is 0.850. The minimum atomic E-state index is 0.290. The predicted molar refractivity (Wildman–Crippen MR) is 73.1 cm³/mol. The van der Waals surface area contributed by atoms with Gasteiger partial charge in [0.15, 0.2) is 0 Å². The largest absolute Gasteiger partial charge is 0.380 e. The molecule has 0 radical (unpaired) electrons. The molecule has 0 amide bonds. The third-order valence-electron chi connectivity index (χ3n) is 2.60. The summed E-state index contributed by atoms with van der Waals surface area (Å²) in [6, 6.07) is 10.4. The number of hydrogen-bond donors (Lipinski definition) is 1. The monoisotopic (exact) mass is 245 g/mol. The van der Waals surface area contributed by atoms with Crippen molar-refractivity contribution in [2.45, 2.75) is 19.9 Å². The van der Waals surface area contributed by atoms with Gasteiger partial charge in [-0.1, -0.05) is 6.07 Å². The molecule has 1 aromatic heterocycles. The van der Waals surface area contributed by atoms with Gasteiger partial charge in [-0.2, -0.15) is 5.10 Å². The van der Waals surface area contributed by atoms with E-state index in [1.807, 2.05) is 36.0 Å². The number of nitrogens with zero attached hydrogens (tertiary/aromatic N) is 2. The summed E-state index contributed by atoms with van der Waals surface area (Å²) in [5.41, 5.74) is 2.13. The standard InChI is InChI=1S/C14H19N3O/c1-3-18-11-12(2)16-13-6-4-7-14(10-13)17-9-5-8-15-17/h4-10,12,16H,3,11H2,1-2H3. The average Bonchev–Trinajstić information content (AvgIpc) is 2.90. The molecule has 0 aliphatic carbocycles. The summed E-state index contributed by atoms with van der Waals surface area (Å²) >= 11 is 0. The van der Waals surface area contributed by atoms with Crippen molar-refractivity contribution in [1.29, 1.82) is 0 Å². The SMILES string of the molecule is CCOCC(C)Nc1cccc(-n2cccn2)c1. The highest BCUT2D eigenvalue weighted by Gasteiger charge is 2.03. The molecule has 0 saturated heterocycles. The van der Waals surface area contributed by atoms with Gasteiger partial charge in [-0.3, -0.25) is 0 Å². The first-order valence-corrected chi connectivity index (χ1v) is 6.24. The molecule has 0 bridgehead atoms. The van der Waals surface area contributed by atoms with E-state index in [4.69, 9.17) is 4.74 Å². The lowest BCUT2D eigenvalue weighted by Crippen LogP contribution is -2.21. The average molecular weight is 245 g/mol. The molecule has 2 rings (SSSR count). The summed E-state index contributed by atoms with van der Waals surface area (Å²) in [5.74, 6) is 0. The number of aromatic nitrogens is 2. The first-order chi connectivity index (χ1) is 8.79. The molecule has 4 heteroatoms. The van der Waals surface area contributed by atoms with Gasteiger partial charge >= 0.3 is 0 Å². The highest BCUT2D eigenvalue weighted by atomic mass is 16.5. The Hall–Kier alpha value is -1.81. The predicted octanol–water partition coefficient (Wildman–Crippen LogP) is 2.71. The van der Waals surface area contributed by atoms with Gasteiger partial charge < -0.3 is 10.1 Å². The first kappa shape index (κ1) is 12.6. The molecule has 96 valence electrons. The molecule has 1 atom stereocenters. The zero-order valence-electron chi connectivity index (χ0n) is 10.8. The van der Waals surface area contributed by atoms with Crippen LogP contribution in [0.25, 0.3) is 5.69 Å². The molecule has 0 fully saturated rings. The lowest BCUT2D eigenvalue weighted by Gasteiger charge is -2.15. The molecule has 0 aliphatic rings. The van der Waals surface area contributed by atoms with Gasteiger partial charge in [0.1, 0.15) is 0 Å². The van der Waals surface area contributed by atoms with Crippen LogP contribution >= 0.6 is 0 Å². The van der Waals surface area contributed by atoms with E-state index < -0.39 is 0 Å². The normalized spacial score (nSPS) is 12.3. The minimum Gasteiger partial charge on any atom is -0.380 e. The summed E-state index contributed by atoms with van der Waals surface area (Å²) in [6.07, 6.45) is 3.71. The maximum absolute atomic E-state index is 5.39. The Kier molecular flexibility index (Phi) is 4.36. The Morgan fingerprint density at radius 2 is 2.28 bits per heavy atom. The lowest BCUT2D eigenvalue weighted by atomic mass is 10.2. The molecule has 0 spiro atoms. The molecule has 0 aliphatic heterocycles. The van der Waals surface area contributed by atoms with Crippen LogP contribution in [0.2, 0.25) is 0 Å². The minimum absolute atomic E-state index is 0.290. The number of benzene rings is 1. The van der Waals surface area contributed by atoms with Gasteiger partial charge in [-0.15, -0.1) is 0 Å². The van der Waals surface area contributed by atoms with Gasteiger partial charge in [-0.05, 0) is 38.1 Å². The van der Waals surface area contributed by atoms with Crippen LogP contribution in [-0.2, 0) is 4.74 Å². The zero-order chi connectivity index (χ0) is 12.8. The van der Waals surface area contributed by atoms with E-state index in [1.165, 1.54) is 0 Å². The van der Waals surface area contributed by atoms with Crippen molar-refractivity contribution in [3.8, 4) is 5.69 Å². The van der Waals surface area contributed by atoms with Crippen molar-refractivity contribution in [3.63, 3.8) is 0 Å². The number of rotatable bonds is 6. The Morgan fingerprint density at radius 3 is 3.00 bits per heavy atom. The van der Waals surface area contributed by atoms with Crippen molar-refractivity contribution in [1.82, 2.24) is 9.78 Å². The fourth-order valence-corrected chi connectivity index (χ4v) is 1.78. The van der Waals surface area contributed by atoms with Crippen LogP contribution in [0.5, 0.6) is 0 Å². The van der Waals surface area contributed by atoms with Gasteiger partial charge in [-0.25, -0.2) is 4.68 Å². The van der Waals surface area contributed by atoms with E-state index in [1.54, 1.807) is 6.20 Å². The summed E-state index contributed by atoms with van der Waals surface area (Å²) in [7, 11) is 0. The second-order valence-corrected chi connectivity index (χ2v) is 4.21. The summed E-state index contributed by atoms with van der Waals surface area (Å²) < 4.78 is 7.24. The van der Waals surface area contributed by atoms with Crippen molar-refractivity contribution in [2.24, 2.45) is 0 Å². The van der Waals surface area contributed by atoms with Crippen LogP contribution in [0.1, 0.15) is 13.8 Å². The highest BCUT2D eigenvalue weighted by Crippen LogP contribution is 2.14. The highest BCUT2D eigenvalue weighted by molar-refractivity contribution is 5.51. The number of anilines is 1. The molecule has 0 saturated carbocycles. The molecule has 1 heterocycles. The van der Waals surface area contributed by atoms with Gasteiger partial charge in [0.2, 0.25) is 0 Å². The molecule has 1 N–H and O–H groups in total. The van der Waals surface area contributed by atoms with Crippen molar-refractivity contribution < 1.29 is 4.74 Å². The molecule has 2 aromatic rings. The molecule has 1 aromatic carbocycles. The fourth-order valence-electron chi connectivity index (χ4n) is 1.78. The fraction of sp³-hybridized carbons (Fsp3) is 0.357. The van der Waals surface area contributed by atoms with E-state index in [2.05, 4.69) is 29.5 Å². The Labute approximate surface area is 108 Å². The number of hydrogen-bond acceptors (Lipinski definition) is 3. The van der Waals surface area contributed by atoms with Gasteiger partial charge in [0, 0.05) is 30.7 Å². The van der Waals surface area contributed by atoms with E-state index in [-0.39, 0.29) is 6.04 Å². The Balaban J connectivity index is 2.03.